The van der Waals surface area contributed by atoms with Gasteiger partial charge in [-0.25, -0.2) is 9.55 Å². The minimum absolute atomic E-state index is 0.0120. The van der Waals surface area contributed by atoms with Crippen molar-refractivity contribution in [2.24, 2.45) is 0 Å². The molecule has 3 aromatic rings. The first-order valence-corrected chi connectivity index (χ1v) is 8.25. The Balaban J connectivity index is 2.34. The van der Waals surface area contributed by atoms with Crippen LogP contribution in [0, 0.1) is 0 Å². The van der Waals surface area contributed by atoms with Gasteiger partial charge in [-0.3, -0.25) is 9.59 Å². The first kappa shape index (κ1) is 17.2. The number of para-hydroxylation sites is 1. The topological polar surface area (TPSA) is 61.2 Å². The average Bonchev–Trinajstić information content (AvgIpc) is 2.55. The third-order valence-corrected chi connectivity index (χ3v) is 3.96. The van der Waals surface area contributed by atoms with E-state index in [4.69, 9.17) is 16.3 Å². The number of carbonyl (C=O) groups is 1. The molecule has 0 unspecified atom stereocenters. The van der Waals surface area contributed by atoms with Crippen LogP contribution in [0.4, 0.5) is 0 Å². The number of nitrogens with zero attached hydrogens (tertiary/aromatic N) is 2. The molecule has 0 saturated carbocycles. The van der Waals surface area contributed by atoms with Crippen LogP contribution in [0.5, 0.6) is 5.75 Å². The van der Waals surface area contributed by atoms with Gasteiger partial charge in [0.05, 0.1) is 22.7 Å². The number of halogens is 1. The molecule has 0 spiro atoms. The summed E-state index contributed by atoms with van der Waals surface area (Å²) >= 11 is 6.29. The van der Waals surface area contributed by atoms with Crippen LogP contribution in [0.25, 0.3) is 16.6 Å². The van der Waals surface area contributed by atoms with Crippen molar-refractivity contribution in [3.05, 3.63) is 63.7 Å². The highest BCUT2D eigenvalue weighted by Gasteiger charge is 2.17. The summed E-state index contributed by atoms with van der Waals surface area (Å²) in [5, 5.41) is 0.452. The lowest BCUT2D eigenvalue weighted by atomic mass is 10.1. The first-order chi connectivity index (χ1) is 11.9. The highest BCUT2D eigenvalue weighted by molar-refractivity contribution is 6.29. The van der Waals surface area contributed by atoms with Crippen LogP contribution >= 0.6 is 11.6 Å². The molecule has 3 rings (SSSR count). The lowest BCUT2D eigenvalue weighted by molar-refractivity contribution is 0.101. The smallest absolute Gasteiger partial charge is 0.267 e. The van der Waals surface area contributed by atoms with Crippen LogP contribution in [-0.2, 0) is 0 Å². The van der Waals surface area contributed by atoms with E-state index < -0.39 is 0 Å². The second kappa shape index (κ2) is 6.69. The zero-order valence-electron chi connectivity index (χ0n) is 14.1. The fraction of sp³-hybridized carbons (Fsp3) is 0.211. The maximum Gasteiger partial charge on any atom is 0.267 e. The van der Waals surface area contributed by atoms with Crippen molar-refractivity contribution in [1.82, 2.24) is 9.55 Å². The molecule has 0 aliphatic heterocycles. The number of benzene rings is 2. The van der Waals surface area contributed by atoms with Crippen LogP contribution in [0.2, 0.25) is 5.28 Å². The van der Waals surface area contributed by atoms with Crippen molar-refractivity contribution in [2.45, 2.75) is 26.9 Å². The number of carbonyl (C=O) groups excluding carboxylic acids is 1. The van der Waals surface area contributed by atoms with Crippen LogP contribution < -0.4 is 10.3 Å². The molecular formula is C19H17ClN2O3. The fourth-order valence-electron chi connectivity index (χ4n) is 2.58. The molecule has 1 aromatic heterocycles. The molecular weight excluding hydrogens is 340 g/mol. The normalized spacial score (nSPS) is 11.1. The number of hydrogen-bond donors (Lipinski definition) is 0. The van der Waals surface area contributed by atoms with E-state index in [9.17, 15) is 9.59 Å². The maximum atomic E-state index is 13.0. The minimum Gasteiger partial charge on any atom is -0.489 e. The zero-order chi connectivity index (χ0) is 18.1. The molecule has 25 heavy (non-hydrogen) atoms. The van der Waals surface area contributed by atoms with E-state index in [0.29, 0.717) is 27.9 Å². The number of ether oxygens (including phenoxy) is 1. The van der Waals surface area contributed by atoms with E-state index in [1.165, 1.54) is 11.5 Å². The molecule has 6 heteroatoms. The molecule has 128 valence electrons. The van der Waals surface area contributed by atoms with Crippen molar-refractivity contribution >= 4 is 28.3 Å². The Morgan fingerprint density at radius 3 is 2.60 bits per heavy atom. The molecule has 0 aliphatic carbocycles. The summed E-state index contributed by atoms with van der Waals surface area (Å²) in [4.78, 5) is 29.0. The monoisotopic (exact) mass is 356 g/mol. The van der Waals surface area contributed by atoms with Crippen molar-refractivity contribution in [2.75, 3.05) is 0 Å². The Morgan fingerprint density at radius 1 is 1.20 bits per heavy atom. The molecule has 0 saturated heterocycles. The van der Waals surface area contributed by atoms with Gasteiger partial charge in [-0.2, -0.15) is 0 Å². The van der Waals surface area contributed by atoms with Crippen molar-refractivity contribution in [3.63, 3.8) is 0 Å². The molecule has 0 atom stereocenters. The van der Waals surface area contributed by atoms with Gasteiger partial charge < -0.3 is 4.74 Å². The van der Waals surface area contributed by atoms with Gasteiger partial charge in [0.2, 0.25) is 5.28 Å². The minimum atomic E-state index is -0.315. The molecule has 5 nitrogen and oxygen atoms in total. The largest absolute Gasteiger partial charge is 0.489 e. The average molecular weight is 357 g/mol. The van der Waals surface area contributed by atoms with E-state index >= 15 is 0 Å². The molecule has 0 fully saturated rings. The number of Topliss-reactive ketones (excluding diaryl/α,β-unsaturated/α-hetero) is 1. The number of aromatic nitrogens is 2. The van der Waals surface area contributed by atoms with Gasteiger partial charge in [0, 0.05) is 5.56 Å². The van der Waals surface area contributed by atoms with Crippen molar-refractivity contribution in [1.29, 1.82) is 0 Å². The van der Waals surface area contributed by atoms with E-state index in [2.05, 4.69) is 4.98 Å². The quantitative estimate of drug-likeness (QED) is 0.523. The Labute approximate surface area is 149 Å². The molecule has 2 aromatic carbocycles. The SMILES string of the molecule is CC(=O)c1ccc(OC(C)C)c(-n2c(Cl)nc3ccccc3c2=O)c1. The fourth-order valence-corrected chi connectivity index (χ4v) is 2.84. The molecule has 1 heterocycles. The summed E-state index contributed by atoms with van der Waals surface area (Å²) in [6.45, 7) is 5.22. The maximum absolute atomic E-state index is 13.0. The lowest BCUT2D eigenvalue weighted by Gasteiger charge is -2.17. The van der Waals surface area contributed by atoms with Gasteiger partial charge in [-0.1, -0.05) is 12.1 Å². The number of hydrogen-bond acceptors (Lipinski definition) is 4. The van der Waals surface area contributed by atoms with Crippen molar-refractivity contribution < 1.29 is 9.53 Å². The Hall–Kier alpha value is -2.66. The van der Waals surface area contributed by atoms with Gasteiger partial charge >= 0.3 is 0 Å². The lowest BCUT2D eigenvalue weighted by Crippen LogP contribution is -2.22. The second-order valence-corrected chi connectivity index (χ2v) is 6.28. The third kappa shape index (κ3) is 3.28. The summed E-state index contributed by atoms with van der Waals surface area (Å²) in [7, 11) is 0. The summed E-state index contributed by atoms with van der Waals surface area (Å²) in [6, 6.07) is 11.9. The van der Waals surface area contributed by atoms with Gasteiger partial charge in [0.1, 0.15) is 5.75 Å². The standard InChI is InChI=1S/C19H17ClN2O3/c1-11(2)25-17-9-8-13(12(3)23)10-16(17)22-18(24)14-6-4-5-7-15(14)21-19(22)20/h4-11H,1-3H3. The molecule has 0 N–H and O–H groups in total. The zero-order valence-corrected chi connectivity index (χ0v) is 14.9. The van der Waals surface area contributed by atoms with E-state index in [1.54, 1.807) is 42.5 Å². The number of rotatable bonds is 4. The van der Waals surface area contributed by atoms with Crippen LogP contribution in [0.15, 0.2) is 47.3 Å². The highest BCUT2D eigenvalue weighted by Crippen LogP contribution is 2.27. The molecule has 0 amide bonds. The van der Waals surface area contributed by atoms with Gasteiger partial charge in [-0.05, 0) is 62.7 Å². The molecule has 0 bridgehead atoms. The molecule has 0 radical (unpaired) electrons. The number of fused-ring (bicyclic) bond motifs is 1. The van der Waals surface area contributed by atoms with Gasteiger partial charge in [0.15, 0.2) is 5.78 Å². The Kier molecular flexibility index (Phi) is 4.59. The highest BCUT2D eigenvalue weighted by atomic mass is 35.5. The predicted molar refractivity (Wildman–Crippen MR) is 98.1 cm³/mol. The third-order valence-electron chi connectivity index (χ3n) is 3.70. The summed E-state index contributed by atoms with van der Waals surface area (Å²) in [6.07, 6.45) is -0.107. The van der Waals surface area contributed by atoms with E-state index in [1.807, 2.05) is 13.8 Å². The van der Waals surface area contributed by atoms with Gasteiger partial charge in [0.25, 0.3) is 5.56 Å². The van der Waals surface area contributed by atoms with Crippen molar-refractivity contribution in [3.8, 4) is 11.4 Å². The number of ketones is 1. The Morgan fingerprint density at radius 2 is 1.92 bits per heavy atom. The van der Waals surface area contributed by atoms with Gasteiger partial charge in [-0.15, -0.1) is 0 Å². The summed E-state index contributed by atoms with van der Waals surface area (Å²) in [5.74, 6) is 0.344. The summed E-state index contributed by atoms with van der Waals surface area (Å²) in [5.41, 5.74) is 1.06. The first-order valence-electron chi connectivity index (χ1n) is 7.88. The van der Waals surface area contributed by atoms with Crippen LogP contribution in [-0.4, -0.2) is 21.4 Å². The van der Waals surface area contributed by atoms with E-state index in [-0.39, 0.29) is 22.7 Å². The predicted octanol–water partition coefficient (Wildman–Crippen LogP) is 4.03. The van der Waals surface area contributed by atoms with E-state index in [0.717, 1.165) is 0 Å². The Bertz CT molecular complexity index is 1020. The molecule has 0 aliphatic rings. The van der Waals surface area contributed by atoms with Crippen LogP contribution in [0.3, 0.4) is 0 Å². The second-order valence-electron chi connectivity index (χ2n) is 5.94. The summed E-state index contributed by atoms with van der Waals surface area (Å²) < 4.78 is 7.07. The van der Waals surface area contributed by atoms with Crippen LogP contribution in [0.1, 0.15) is 31.1 Å².